The zero-order chi connectivity index (χ0) is 13.4. The highest BCUT2D eigenvalue weighted by Gasteiger charge is 2.03. The Bertz CT molecular complexity index is 400. The van der Waals surface area contributed by atoms with Gasteiger partial charge in [0.1, 0.15) is 5.75 Å². The molecule has 0 aliphatic carbocycles. The smallest absolute Gasteiger partial charge is 0.233 e. The Morgan fingerprint density at radius 1 is 1.22 bits per heavy atom. The third-order valence-corrected chi connectivity index (χ3v) is 2.37. The van der Waals surface area contributed by atoms with Crippen LogP contribution in [0, 0.1) is 11.6 Å². The lowest BCUT2D eigenvalue weighted by Crippen LogP contribution is -2.29. The standard InChI is InChI=1S/C12H16F2N2O2/c13-10-6-5-9(8-11(10)14)18-7-3-1-2-4-12(17)16-15/h5-6,8H,1-4,7,15H2,(H,16,17). The van der Waals surface area contributed by atoms with Crippen molar-refractivity contribution in [2.24, 2.45) is 5.84 Å². The number of rotatable bonds is 7. The third kappa shape index (κ3) is 5.09. The van der Waals surface area contributed by atoms with E-state index in [1.807, 2.05) is 5.43 Å². The molecule has 18 heavy (non-hydrogen) atoms. The van der Waals surface area contributed by atoms with Gasteiger partial charge in [0.15, 0.2) is 11.6 Å². The van der Waals surface area contributed by atoms with Gasteiger partial charge >= 0.3 is 0 Å². The number of hydrazine groups is 1. The van der Waals surface area contributed by atoms with E-state index >= 15 is 0 Å². The van der Waals surface area contributed by atoms with Crippen LogP contribution in [0.15, 0.2) is 18.2 Å². The molecular formula is C12H16F2N2O2. The molecule has 0 saturated heterocycles. The molecule has 0 spiro atoms. The van der Waals surface area contributed by atoms with Crippen LogP contribution in [0.25, 0.3) is 0 Å². The second-order valence-corrected chi connectivity index (χ2v) is 3.80. The molecule has 0 heterocycles. The van der Waals surface area contributed by atoms with Gasteiger partial charge in [-0.1, -0.05) is 0 Å². The summed E-state index contributed by atoms with van der Waals surface area (Å²) in [5.41, 5.74) is 2.05. The lowest BCUT2D eigenvalue weighted by atomic mass is 10.2. The second-order valence-electron chi connectivity index (χ2n) is 3.80. The molecule has 0 saturated carbocycles. The molecule has 0 radical (unpaired) electrons. The molecule has 0 aliphatic rings. The summed E-state index contributed by atoms with van der Waals surface area (Å²) < 4.78 is 30.7. The Morgan fingerprint density at radius 3 is 2.67 bits per heavy atom. The van der Waals surface area contributed by atoms with Gasteiger partial charge in [-0.25, -0.2) is 14.6 Å². The zero-order valence-electron chi connectivity index (χ0n) is 9.92. The van der Waals surface area contributed by atoms with Gasteiger partial charge in [-0.3, -0.25) is 10.2 Å². The van der Waals surface area contributed by atoms with Crippen molar-refractivity contribution >= 4 is 5.91 Å². The molecule has 100 valence electrons. The van der Waals surface area contributed by atoms with Crippen LogP contribution < -0.4 is 16.0 Å². The fourth-order valence-corrected chi connectivity index (χ4v) is 1.39. The lowest BCUT2D eigenvalue weighted by Gasteiger charge is -2.06. The van der Waals surface area contributed by atoms with Crippen LogP contribution in [0.4, 0.5) is 8.78 Å². The van der Waals surface area contributed by atoms with Gasteiger partial charge in [-0.05, 0) is 31.4 Å². The van der Waals surface area contributed by atoms with Crippen LogP contribution in [-0.4, -0.2) is 12.5 Å². The fourth-order valence-electron chi connectivity index (χ4n) is 1.39. The van der Waals surface area contributed by atoms with Gasteiger partial charge in [0, 0.05) is 12.5 Å². The van der Waals surface area contributed by atoms with Crippen LogP contribution in [-0.2, 0) is 4.79 Å². The normalized spacial score (nSPS) is 10.2. The predicted molar refractivity (Wildman–Crippen MR) is 62.7 cm³/mol. The number of amides is 1. The molecule has 0 bridgehead atoms. The van der Waals surface area contributed by atoms with Gasteiger partial charge < -0.3 is 4.74 Å². The van der Waals surface area contributed by atoms with E-state index in [1.165, 1.54) is 6.07 Å². The molecule has 0 aliphatic heterocycles. The van der Waals surface area contributed by atoms with E-state index < -0.39 is 11.6 Å². The van der Waals surface area contributed by atoms with Gasteiger partial charge in [0.25, 0.3) is 0 Å². The van der Waals surface area contributed by atoms with E-state index in [0.717, 1.165) is 25.0 Å². The number of carbonyl (C=O) groups is 1. The number of nitrogens with one attached hydrogen (secondary N) is 1. The van der Waals surface area contributed by atoms with Crippen molar-refractivity contribution in [1.82, 2.24) is 5.43 Å². The number of unbranched alkanes of at least 4 members (excludes halogenated alkanes) is 2. The van der Waals surface area contributed by atoms with Crippen molar-refractivity contribution in [3.63, 3.8) is 0 Å². The molecule has 6 heteroatoms. The minimum atomic E-state index is -0.924. The number of ether oxygens (including phenoxy) is 1. The SMILES string of the molecule is NNC(=O)CCCCCOc1ccc(F)c(F)c1. The first kappa shape index (κ1) is 14.4. The maximum Gasteiger partial charge on any atom is 0.233 e. The van der Waals surface area contributed by atoms with Crippen molar-refractivity contribution in [2.75, 3.05) is 6.61 Å². The van der Waals surface area contributed by atoms with E-state index in [1.54, 1.807) is 0 Å². The lowest BCUT2D eigenvalue weighted by molar-refractivity contribution is -0.121. The molecule has 0 fully saturated rings. The highest BCUT2D eigenvalue weighted by molar-refractivity contribution is 5.74. The summed E-state index contributed by atoms with van der Waals surface area (Å²) >= 11 is 0. The maximum atomic E-state index is 12.8. The van der Waals surface area contributed by atoms with Crippen molar-refractivity contribution in [1.29, 1.82) is 0 Å². The van der Waals surface area contributed by atoms with Crippen LogP contribution in [0.3, 0.4) is 0 Å². The van der Waals surface area contributed by atoms with Crippen LogP contribution in [0.5, 0.6) is 5.75 Å². The van der Waals surface area contributed by atoms with Crippen molar-refractivity contribution in [3.8, 4) is 5.75 Å². The van der Waals surface area contributed by atoms with Crippen molar-refractivity contribution in [3.05, 3.63) is 29.8 Å². The predicted octanol–water partition coefficient (Wildman–Crippen LogP) is 1.89. The molecule has 4 nitrogen and oxygen atoms in total. The van der Waals surface area contributed by atoms with E-state index in [-0.39, 0.29) is 5.91 Å². The summed E-state index contributed by atoms with van der Waals surface area (Å²) in [5, 5.41) is 0. The van der Waals surface area contributed by atoms with Gasteiger partial charge in [0.2, 0.25) is 5.91 Å². The van der Waals surface area contributed by atoms with Crippen molar-refractivity contribution in [2.45, 2.75) is 25.7 Å². The van der Waals surface area contributed by atoms with E-state index in [9.17, 15) is 13.6 Å². The number of benzene rings is 1. The Morgan fingerprint density at radius 2 is 2.00 bits per heavy atom. The Balaban J connectivity index is 2.14. The van der Waals surface area contributed by atoms with Gasteiger partial charge in [-0.15, -0.1) is 0 Å². The molecule has 0 atom stereocenters. The quantitative estimate of drug-likeness (QED) is 0.340. The number of nitrogens with two attached hydrogens (primary N) is 1. The average Bonchev–Trinajstić information content (AvgIpc) is 2.37. The summed E-state index contributed by atoms with van der Waals surface area (Å²) in [6, 6.07) is 3.41. The van der Waals surface area contributed by atoms with E-state index in [2.05, 4.69) is 0 Å². The molecule has 1 aromatic carbocycles. The monoisotopic (exact) mass is 258 g/mol. The Kier molecular flexibility index (Phi) is 6.07. The summed E-state index contributed by atoms with van der Waals surface area (Å²) in [7, 11) is 0. The molecule has 3 N–H and O–H groups in total. The summed E-state index contributed by atoms with van der Waals surface area (Å²) in [5.74, 6) is 3.21. The van der Waals surface area contributed by atoms with Crippen LogP contribution in [0.2, 0.25) is 0 Å². The van der Waals surface area contributed by atoms with Crippen LogP contribution >= 0.6 is 0 Å². The first-order chi connectivity index (χ1) is 8.63. The molecule has 1 aromatic rings. The summed E-state index contributed by atoms with van der Waals surface area (Å²) in [6.07, 6.45) is 2.62. The maximum absolute atomic E-state index is 12.8. The molecule has 1 rings (SSSR count). The molecule has 0 unspecified atom stereocenters. The average molecular weight is 258 g/mol. The van der Waals surface area contributed by atoms with Gasteiger partial charge in [-0.2, -0.15) is 0 Å². The second kappa shape index (κ2) is 7.60. The number of carbonyl (C=O) groups excluding carboxylic acids is 1. The molecule has 0 aromatic heterocycles. The van der Waals surface area contributed by atoms with Crippen molar-refractivity contribution < 1.29 is 18.3 Å². The Hall–Kier alpha value is -1.69. The van der Waals surface area contributed by atoms with Crippen LogP contribution in [0.1, 0.15) is 25.7 Å². The number of hydrogen-bond donors (Lipinski definition) is 2. The molecule has 1 amide bonds. The molecular weight excluding hydrogens is 242 g/mol. The first-order valence-electron chi connectivity index (χ1n) is 5.71. The highest BCUT2D eigenvalue weighted by Crippen LogP contribution is 2.15. The number of hydrogen-bond acceptors (Lipinski definition) is 3. The topological polar surface area (TPSA) is 64.3 Å². The van der Waals surface area contributed by atoms with Gasteiger partial charge in [0.05, 0.1) is 6.61 Å². The van der Waals surface area contributed by atoms with E-state index in [0.29, 0.717) is 25.2 Å². The summed E-state index contributed by atoms with van der Waals surface area (Å²) in [6.45, 7) is 0.398. The zero-order valence-corrected chi connectivity index (χ0v) is 9.92. The Labute approximate surface area is 104 Å². The minimum Gasteiger partial charge on any atom is -0.493 e. The summed E-state index contributed by atoms with van der Waals surface area (Å²) in [4.78, 5) is 10.8. The number of halogens is 2. The highest BCUT2D eigenvalue weighted by atomic mass is 19.2. The third-order valence-electron chi connectivity index (χ3n) is 2.37. The first-order valence-corrected chi connectivity index (χ1v) is 5.71. The largest absolute Gasteiger partial charge is 0.493 e. The minimum absolute atomic E-state index is 0.198. The fraction of sp³-hybridized carbons (Fsp3) is 0.417. The van der Waals surface area contributed by atoms with E-state index in [4.69, 9.17) is 10.6 Å².